The van der Waals surface area contributed by atoms with Crippen molar-refractivity contribution in [2.45, 2.75) is 27.7 Å². The Labute approximate surface area is 336 Å². The van der Waals surface area contributed by atoms with E-state index in [1.807, 2.05) is 0 Å². The summed E-state index contributed by atoms with van der Waals surface area (Å²) in [6, 6.07) is 61.2. The first-order valence-corrected chi connectivity index (χ1v) is 19.9. The molecule has 4 heteroatoms. The number of rotatable bonds is 6. The topological polar surface area (TPSA) is 32.8 Å². The molecule has 0 saturated heterocycles. The van der Waals surface area contributed by atoms with Gasteiger partial charge in [0.25, 0.3) is 0 Å². The van der Waals surface area contributed by atoms with E-state index >= 15 is 0 Å². The third-order valence-electron chi connectivity index (χ3n) is 11.7. The molecule has 0 radical (unpaired) electrons. The fourth-order valence-corrected chi connectivity index (χ4v) is 8.76. The van der Waals surface area contributed by atoms with Crippen LogP contribution < -0.4 is 9.80 Å². The van der Waals surface area contributed by atoms with Gasteiger partial charge in [0.1, 0.15) is 11.2 Å². The van der Waals surface area contributed by atoms with Crippen LogP contribution in [0.15, 0.2) is 179 Å². The minimum absolute atomic E-state index is 0.753. The van der Waals surface area contributed by atoms with Gasteiger partial charge < -0.3 is 18.6 Å². The Hall–Kier alpha value is -7.30. The molecule has 2 aromatic heterocycles. The molecule has 0 unspecified atom stereocenters. The Balaban J connectivity index is 1.18. The molecule has 0 aliphatic carbocycles. The molecule has 9 aromatic carbocycles. The Morgan fingerprint density at radius 2 is 0.603 bits per heavy atom. The SMILES string of the molecule is Cc1ccc(N(c2ccc(C)cc2)c2cc3oc4c(ccc5c4oc4cc(N(c6ccc(C)cc6)c6ccc(C)cc6)c6ccccc6c45)c3c3ccccc23)cc1. The maximum atomic E-state index is 7.02. The molecule has 2 heterocycles. The molecule has 0 bridgehead atoms. The second-order valence-corrected chi connectivity index (χ2v) is 15.7. The van der Waals surface area contributed by atoms with Gasteiger partial charge in [-0.1, -0.05) is 119 Å². The Bertz CT molecular complexity index is 3040. The first-order valence-electron chi connectivity index (χ1n) is 19.9. The normalized spacial score (nSPS) is 11.8. The van der Waals surface area contributed by atoms with E-state index in [0.29, 0.717) is 0 Å². The highest BCUT2D eigenvalue weighted by molar-refractivity contribution is 6.29. The van der Waals surface area contributed by atoms with Crippen molar-refractivity contribution < 1.29 is 8.83 Å². The zero-order valence-electron chi connectivity index (χ0n) is 32.9. The smallest absolute Gasteiger partial charge is 0.178 e. The van der Waals surface area contributed by atoms with Crippen molar-refractivity contribution in [1.29, 1.82) is 0 Å². The lowest BCUT2D eigenvalue weighted by molar-refractivity contribution is 0.633. The van der Waals surface area contributed by atoms with Crippen LogP contribution in [0.3, 0.4) is 0 Å². The van der Waals surface area contributed by atoms with Gasteiger partial charge >= 0.3 is 0 Å². The third-order valence-corrected chi connectivity index (χ3v) is 11.7. The lowest BCUT2D eigenvalue weighted by Gasteiger charge is -2.27. The Kier molecular flexibility index (Phi) is 7.70. The summed E-state index contributed by atoms with van der Waals surface area (Å²) in [5.74, 6) is 0. The van der Waals surface area contributed by atoms with Gasteiger partial charge in [0.2, 0.25) is 0 Å². The van der Waals surface area contributed by atoms with Gasteiger partial charge in [-0.05, 0) is 99.1 Å². The van der Waals surface area contributed by atoms with Crippen molar-refractivity contribution in [2.24, 2.45) is 0 Å². The molecule has 0 atom stereocenters. The summed E-state index contributed by atoms with van der Waals surface area (Å²) in [4.78, 5) is 4.68. The number of hydrogen-bond donors (Lipinski definition) is 0. The number of furan rings is 2. The van der Waals surface area contributed by atoms with E-state index in [9.17, 15) is 0 Å². The minimum Gasteiger partial charge on any atom is -0.452 e. The van der Waals surface area contributed by atoms with Gasteiger partial charge in [0.15, 0.2) is 11.2 Å². The monoisotopic (exact) mass is 748 g/mol. The largest absolute Gasteiger partial charge is 0.452 e. The van der Waals surface area contributed by atoms with E-state index in [4.69, 9.17) is 8.83 Å². The Morgan fingerprint density at radius 1 is 0.310 bits per heavy atom. The van der Waals surface area contributed by atoms with Gasteiger partial charge in [-0.15, -0.1) is 0 Å². The van der Waals surface area contributed by atoms with Crippen LogP contribution in [0.25, 0.3) is 65.4 Å². The fourth-order valence-electron chi connectivity index (χ4n) is 8.76. The molecular formula is C54H40N2O2. The highest BCUT2D eigenvalue weighted by Gasteiger charge is 2.25. The average molecular weight is 749 g/mol. The number of aryl methyl sites for hydroxylation is 4. The van der Waals surface area contributed by atoms with Gasteiger partial charge in [-0.25, -0.2) is 0 Å². The average Bonchev–Trinajstić information content (AvgIpc) is 3.82. The first-order chi connectivity index (χ1) is 28.4. The van der Waals surface area contributed by atoms with Crippen LogP contribution in [0.2, 0.25) is 0 Å². The van der Waals surface area contributed by atoms with E-state index in [1.165, 1.54) is 22.3 Å². The molecule has 0 saturated carbocycles. The van der Waals surface area contributed by atoms with Gasteiger partial charge in [-0.2, -0.15) is 0 Å². The maximum absolute atomic E-state index is 7.02. The number of hydrogen-bond acceptors (Lipinski definition) is 4. The van der Waals surface area contributed by atoms with Gasteiger partial charge in [0, 0.05) is 67.2 Å². The summed E-state index contributed by atoms with van der Waals surface area (Å²) < 4.78 is 14.0. The lowest BCUT2D eigenvalue weighted by Crippen LogP contribution is -2.10. The van der Waals surface area contributed by atoms with Crippen LogP contribution in [0.5, 0.6) is 0 Å². The maximum Gasteiger partial charge on any atom is 0.178 e. The molecule has 11 aromatic rings. The number of benzene rings is 9. The lowest BCUT2D eigenvalue weighted by atomic mass is 9.98. The molecule has 11 rings (SSSR count). The van der Waals surface area contributed by atoms with Crippen molar-refractivity contribution in [1.82, 2.24) is 0 Å². The third kappa shape index (κ3) is 5.37. The summed E-state index contributed by atoms with van der Waals surface area (Å²) >= 11 is 0. The molecule has 58 heavy (non-hydrogen) atoms. The molecular weight excluding hydrogens is 709 g/mol. The second-order valence-electron chi connectivity index (χ2n) is 15.7. The molecule has 0 fully saturated rings. The minimum atomic E-state index is 0.753. The standard InChI is InChI=1S/C54H40N2O2/c1-33-13-21-37(22-14-33)55(38-23-15-34(2)16-24-38)47-31-49-51(43-11-7-5-9-41(43)47)45-29-30-46-52-44-12-8-6-10-42(44)48(32-50(52)58-54(46)53(45)57-49)56(39-25-17-35(3)18-26-39)40-27-19-36(4)20-28-40/h5-32H,1-4H3. The van der Waals surface area contributed by atoms with Crippen LogP contribution in [0.1, 0.15) is 22.3 Å². The van der Waals surface area contributed by atoms with E-state index < -0.39 is 0 Å². The van der Waals surface area contributed by atoms with Gasteiger partial charge in [0.05, 0.1) is 11.4 Å². The summed E-state index contributed by atoms with van der Waals surface area (Å²) in [6.45, 7) is 8.51. The molecule has 278 valence electrons. The van der Waals surface area contributed by atoms with Crippen LogP contribution in [-0.2, 0) is 0 Å². The van der Waals surface area contributed by atoms with Crippen molar-refractivity contribution in [3.63, 3.8) is 0 Å². The van der Waals surface area contributed by atoms with Crippen LogP contribution in [0, 0.1) is 27.7 Å². The fraction of sp³-hybridized carbons (Fsp3) is 0.0741. The number of fused-ring (bicyclic) bond motifs is 11. The molecule has 0 aliphatic rings. The highest BCUT2D eigenvalue weighted by atomic mass is 16.4. The Morgan fingerprint density at radius 3 is 0.914 bits per heavy atom. The summed E-state index contributed by atoms with van der Waals surface area (Å²) in [5, 5.41) is 8.79. The van der Waals surface area contributed by atoms with Crippen molar-refractivity contribution in [3.8, 4) is 0 Å². The molecule has 0 N–H and O–H groups in total. The van der Waals surface area contributed by atoms with Gasteiger partial charge in [-0.3, -0.25) is 0 Å². The van der Waals surface area contributed by atoms with Crippen molar-refractivity contribution in [2.75, 3.05) is 9.80 Å². The summed E-state index contributed by atoms with van der Waals surface area (Å²) in [5.41, 5.74) is 14.5. The highest BCUT2D eigenvalue weighted by Crippen LogP contribution is 2.49. The molecule has 4 nitrogen and oxygen atoms in total. The van der Waals surface area contributed by atoms with E-state index in [1.54, 1.807) is 0 Å². The summed E-state index contributed by atoms with van der Waals surface area (Å²) in [7, 11) is 0. The molecule has 0 amide bonds. The quantitative estimate of drug-likeness (QED) is 0.170. The predicted octanol–water partition coefficient (Wildman–Crippen LogP) is 16.0. The van der Waals surface area contributed by atoms with Crippen molar-refractivity contribution >= 4 is 99.5 Å². The van der Waals surface area contributed by atoms with Crippen molar-refractivity contribution in [3.05, 3.63) is 192 Å². The molecule has 0 spiro atoms. The zero-order valence-corrected chi connectivity index (χ0v) is 32.9. The second kappa shape index (κ2) is 13.1. The van der Waals surface area contributed by atoms with E-state index in [2.05, 4.69) is 207 Å². The van der Waals surface area contributed by atoms with Crippen LogP contribution in [-0.4, -0.2) is 0 Å². The molecule has 0 aliphatic heterocycles. The zero-order chi connectivity index (χ0) is 39.1. The number of nitrogens with zero attached hydrogens (tertiary/aromatic N) is 2. The predicted molar refractivity (Wildman–Crippen MR) is 244 cm³/mol. The van der Waals surface area contributed by atoms with E-state index in [0.717, 1.165) is 99.5 Å². The van der Waals surface area contributed by atoms with Crippen LogP contribution >= 0.6 is 0 Å². The number of anilines is 6. The van der Waals surface area contributed by atoms with E-state index in [-0.39, 0.29) is 0 Å². The summed E-state index contributed by atoms with van der Waals surface area (Å²) in [6.07, 6.45) is 0. The first kappa shape index (κ1) is 34.0. The van der Waals surface area contributed by atoms with Crippen LogP contribution in [0.4, 0.5) is 34.1 Å².